The predicted octanol–water partition coefficient (Wildman–Crippen LogP) is 4.19. The maximum absolute atomic E-state index is 13.4. The number of rotatable bonds is 2. The first-order chi connectivity index (χ1) is 9.86. The zero-order chi connectivity index (χ0) is 15.2. The van der Waals surface area contributed by atoms with Crippen molar-refractivity contribution in [1.82, 2.24) is 19.5 Å². The molecular weight excluding hydrogens is 413 g/mol. The van der Waals surface area contributed by atoms with Crippen LogP contribution in [0.1, 0.15) is 12.6 Å². The van der Waals surface area contributed by atoms with Crippen molar-refractivity contribution in [1.29, 1.82) is 0 Å². The zero-order valence-electron chi connectivity index (χ0n) is 10.7. The highest BCUT2D eigenvalue weighted by molar-refractivity contribution is 14.1. The van der Waals surface area contributed by atoms with Gasteiger partial charge in [0.2, 0.25) is 5.95 Å². The van der Waals surface area contributed by atoms with E-state index in [0.29, 0.717) is 5.15 Å². The summed E-state index contributed by atoms with van der Waals surface area (Å²) < 4.78 is 29.3. The lowest BCUT2D eigenvalue weighted by molar-refractivity contribution is 0.0126. The van der Waals surface area contributed by atoms with Gasteiger partial charge in [-0.25, -0.2) is 15.0 Å². The summed E-state index contributed by atoms with van der Waals surface area (Å²) in [6.07, 6.45) is 4.71. The van der Waals surface area contributed by atoms with E-state index in [-0.39, 0.29) is 11.6 Å². The third kappa shape index (κ3) is 2.71. The molecular formula is C13H8ClF2IN4. The minimum absolute atomic E-state index is 0.171. The Kier molecular flexibility index (Phi) is 3.56. The lowest BCUT2D eigenvalue weighted by Gasteiger charge is -2.11. The van der Waals surface area contributed by atoms with Crippen LogP contribution in [0.2, 0.25) is 5.15 Å². The highest BCUT2D eigenvalue weighted by atomic mass is 127. The van der Waals surface area contributed by atoms with E-state index in [1.807, 2.05) is 0 Å². The van der Waals surface area contributed by atoms with Gasteiger partial charge in [-0.05, 0) is 28.7 Å². The number of halogens is 4. The van der Waals surface area contributed by atoms with Gasteiger partial charge in [-0.15, -0.1) is 0 Å². The van der Waals surface area contributed by atoms with E-state index in [1.54, 1.807) is 23.0 Å². The molecule has 108 valence electrons. The topological polar surface area (TPSA) is 43.6 Å². The lowest BCUT2D eigenvalue weighted by atomic mass is 10.2. The normalized spacial score (nSPS) is 12.0. The van der Waals surface area contributed by atoms with Crippen LogP contribution in [0.15, 0.2) is 30.7 Å². The molecule has 0 aliphatic heterocycles. The van der Waals surface area contributed by atoms with Crippen LogP contribution in [0.5, 0.6) is 0 Å². The molecule has 0 fully saturated rings. The Balaban J connectivity index is 2.23. The number of aromatic nitrogens is 4. The summed E-state index contributed by atoms with van der Waals surface area (Å²) in [7, 11) is 0. The summed E-state index contributed by atoms with van der Waals surface area (Å²) >= 11 is 8.04. The summed E-state index contributed by atoms with van der Waals surface area (Å²) in [6, 6.07) is 2.86. The predicted molar refractivity (Wildman–Crippen MR) is 84.0 cm³/mol. The average Bonchev–Trinajstić information content (AvgIpc) is 2.75. The average molecular weight is 421 g/mol. The van der Waals surface area contributed by atoms with Crippen molar-refractivity contribution in [3.63, 3.8) is 0 Å². The van der Waals surface area contributed by atoms with Gasteiger partial charge < -0.3 is 0 Å². The highest BCUT2D eigenvalue weighted by Gasteiger charge is 2.27. The second kappa shape index (κ2) is 5.13. The third-order valence-corrected chi connectivity index (χ3v) is 3.98. The second-order valence-corrected chi connectivity index (χ2v) is 6.05. The first kappa shape index (κ1) is 14.6. The van der Waals surface area contributed by atoms with Crippen LogP contribution in [0.4, 0.5) is 8.78 Å². The first-order valence-corrected chi connectivity index (χ1v) is 7.36. The van der Waals surface area contributed by atoms with Gasteiger partial charge in [0.25, 0.3) is 5.92 Å². The van der Waals surface area contributed by atoms with E-state index in [2.05, 4.69) is 37.5 Å². The molecule has 0 unspecified atom stereocenters. The standard InChI is InChI=1S/C13H8ClF2IN4/c1-13(15,16)10-2-3-18-12(20-10)21-6-8(17)7-5-19-11(14)4-9(7)21/h2-6H,1H3. The molecule has 0 radical (unpaired) electrons. The summed E-state index contributed by atoms with van der Waals surface area (Å²) in [5, 5.41) is 1.17. The first-order valence-electron chi connectivity index (χ1n) is 5.90. The monoisotopic (exact) mass is 420 g/mol. The Hall–Kier alpha value is -1.35. The van der Waals surface area contributed by atoms with Crippen LogP contribution < -0.4 is 0 Å². The van der Waals surface area contributed by atoms with Crippen molar-refractivity contribution in [3.05, 3.63) is 45.1 Å². The van der Waals surface area contributed by atoms with Crippen molar-refractivity contribution in [2.24, 2.45) is 0 Å². The van der Waals surface area contributed by atoms with Crippen LogP contribution in [0, 0.1) is 3.57 Å². The fraction of sp³-hybridized carbons (Fsp3) is 0.154. The molecule has 3 rings (SSSR count). The Labute approximate surface area is 137 Å². The number of alkyl halides is 2. The van der Waals surface area contributed by atoms with Crippen molar-refractivity contribution in [2.75, 3.05) is 0 Å². The molecule has 0 aliphatic carbocycles. The molecule has 0 aliphatic rings. The Morgan fingerprint density at radius 2 is 2.10 bits per heavy atom. The molecule has 0 spiro atoms. The fourth-order valence-corrected chi connectivity index (χ4v) is 2.78. The smallest absolute Gasteiger partial charge is 0.284 e. The number of fused-ring (bicyclic) bond motifs is 1. The SMILES string of the molecule is CC(F)(F)c1ccnc(-n2cc(I)c3cnc(Cl)cc32)n1. The van der Waals surface area contributed by atoms with Gasteiger partial charge in [0.05, 0.1) is 5.52 Å². The van der Waals surface area contributed by atoms with Gasteiger partial charge in [-0.1, -0.05) is 11.6 Å². The van der Waals surface area contributed by atoms with Crippen molar-refractivity contribution < 1.29 is 8.78 Å². The maximum Gasteiger partial charge on any atom is 0.287 e. The van der Waals surface area contributed by atoms with Crippen molar-refractivity contribution >= 4 is 45.1 Å². The van der Waals surface area contributed by atoms with E-state index in [0.717, 1.165) is 21.4 Å². The molecule has 0 atom stereocenters. The molecule has 0 N–H and O–H groups in total. The van der Waals surface area contributed by atoms with E-state index in [1.165, 1.54) is 12.3 Å². The van der Waals surface area contributed by atoms with E-state index in [4.69, 9.17) is 11.6 Å². The fourth-order valence-electron chi connectivity index (χ4n) is 1.93. The van der Waals surface area contributed by atoms with Gasteiger partial charge in [0.15, 0.2) is 0 Å². The Bertz CT molecular complexity index is 829. The minimum Gasteiger partial charge on any atom is -0.284 e. The lowest BCUT2D eigenvalue weighted by Crippen LogP contribution is -2.12. The molecule has 0 saturated carbocycles. The van der Waals surface area contributed by atoms with Crippen molar-refractivity contribution in [2.45, 2.75) is 12.8 Å². The molecule has 3 aromatic rings. The van der Waals surface area contributed by atoms with Crippen LogP contribution in [-0.4, -0.2) is 19.5 Å². The summed E-state index contributed by atoms with van der Waals surface area (Å²) in [4.78, 5) is 12.0. The maximum atomic E-state index is 13.4. The largest absolute Gasteiger partial charge is 0.287 e. The molecule has 21 heavy (non-hydrogen) atoms. The molecule has 3 heterocycles. The van der Waals surface area contributed by atoms with Crippen molar-refractivity contribution in [3.8, 4) is 5.95 Å². The van der Waals surface area contributed by atoms with Gasteiger partial charge in [0.1, 0.15) is 10.8 Å². The molecule has 0 aromatic carbocycles. The van der Waals surface area contributed by atoms with E-state index >= 15 is 0 Å². The summed E-state index contributed by atoms with van der Waals surface area (Å²) in [6.45, 7) is 0.803. The quantitative estimate of drug-likeness (QED) is 0.461. The number of nitrogens with zero attached hydrogens (tertiary/aromatic N) is 4. The molecule has 0 saturated heterocycles. The molecule has 4 nitrogen and oxygen atoms in total. The van der Waals surface area contributed by atoms with Crippen LogP contribution >= 0.6 is 34.2 Å². The molecule has 0 bridgehead atoms. The Morgan fingerprint density at radius 1 is 1.33 bits per heavy atom. The summed E-state index contributed by atoms with van der Waals surface area (Å²) in [5.41, 5.74) is 0.389. The third-order valence-electron chi connectivity index (χ3n) is 2.92. The number of hydrogen-bond acceptors (Lipinski definition) is 3. The molecule has 8 heteroatoms. The van der Waals surface area contributed by atoms with Crippen LogP contribution in [0.3, 0.4) is 0 Å². The highest BCUT2D eigenvalue weighted by Crippen LogP contribution is 2.28. The number of pyridine rings is 1. The minimum atomic E-state index is -3.02. The number of hydrogen-bond donors (Lipinski definition) is 0. The zero-order valence-corrected chi connectivity index (χ0v) is 13.6. The van der Waals surface area contributed by atoms with E-state index < -0.39 is 5.92 Å². The van der Waals surface area contributed by atoms with Crippen LogP contribution in [-0.2, 0) is 5.92 Å². The Morgan fingerprint density at radius 3 is 2.81 bits per heavy atom. The summed E-state index contributed by atoms with van der Waals surface area (Å²) in [5.74, 6) is -2.85. The second-order valence-electron chi connectivity index (χ2n) is 4.50. The van der Waals surface area contributed by atoms with Gasteiger partial charge in [-0.2, -0.15) is 8.78 Å². The molecule has 3 aromatic heterocycles. The van der Waals surface area contributed by atoms with Gasteiger partial charge in [0, 0.05) is 40.5 Å². The van der Waals surface area contributed by atoms with Gasteiger partial charge in [-0.3, -0.25) is 4.57 Å². The van der Waals surface area contributed by atoms with E-state index in [9.17, 15) is 8.78 Å². The van der Waals surface area contributed by atoms with Gasteiger partial charge >= 0.3 is 0 Å². The van der Waals surface area contributed by atoms with Crippen LogP contribution in [0.25, 0.3) is 16.9 Å². The molecule has 0 amide bonds.